The molecule has 0 aromatic heterocycles. The largest absolute Gasteiger partial charge is 0.445 e. The molecule has 0 heterocycles. The molecule has 0 aromatic carbocycles. The fraction of sp³-hybridized carbons (Fsp3) is 0.739. The SMILES string of the molecule is C#C[C@]1(OC(C)=O)CC[C@@H]2[C@@H]3CCC4=CC(=O)CC[C@]4(C)[C@@H]3CC[C@]21C. The van der Waals surface area contributed by atoms with E-state index in [0.717, 1.165) is 44.9 Å². The minimum absolute atomic E-state index is 0.128. The first kappa shape index (κ1) is 17.8. The summed E-state index contributed by atoms with van der Waals surface area (Å²) in [6, 6.07) is 0. The predicted octanol–water partition coefficient (Wildman–Crippen LogP) is 4.45. The molecule has 140 valence electrons. The number of carbonyl (C=O) groups excluding carboxylic acids is 2. The highest BCUT2D eigenvalue weighted by Gasteiger charge is 2.65. The zero-order chi connectivity index (χ0) is 18.7. The van der Waals surface area contributed by atoms with Crippen LogP contribution < -0.4 is 0 Å². The zero-order valence-corrected chi connectivity index (χ0v) is 16.3. The van der Waals surface area contributed by atoms with Crippen LogP contribution in [0.1, 0.15) is 72.1 Å². The van der Waals surface area contributed by atoms with Gasteiger partial charge in [-0.3, -0.25) is 9.59 Å². The Balaban J connectivity index is 1.69. The quantitative estimate of drug-likeness (QED) is 0.516. The topological polar surface area (TPSA) is 43.4 Å². The van der Waals surface area contributed by atoms with Gasteiger partial charge in [-0.2, -0.15) is 0 Å². The summed E-state index contributed by atoms with van der Waals surface area (Å²) in [6.45, 7) is 6.13. The highest BCUT2D eigenvalue weighted by atomic mass is 16.6. The number of terminal acetylenes is 1. The Kier molecular flexibility index (Phi) is 3.92. The molecule has 0 aromatic rings. The summed E-state index contributed by atoms with van der Waals surface area (Å²) in [7, 11) is 0. The molecule has 0 amide bonds. The molecule has 0 bridgehead atoms. The van der Waals surface area contributed by atoms with Crippen molar-refractivity contribution in [1.82, 2.24) is 0 Å². The van der Waals surface area contributed by atoms with Crippen LogP contribution in [0.2, 0.25) is 0 Å². The van der Waals surface area contributed by atoms with E-state index in [4.69, 9.17) is 11.2 Å². The van der Waals surface area contributed by atoms with E-state index in [-0.39, 0.29) is 16.8 Å². The van der Waals surface area contributed by atoms with Gasteiger partial charge in [0.05, 0.1) is 0 Å². The summed E-state index contributed by atoms with van der Waals surface area (Å²) in [5, 5.41) is 0. The van der Waals surface area contributed by atoms with Gasteiger partial charge in [-0.05, 0) is 74.2 Å². The van der Waals surface area contributed by atoms with Crippen molar-refractivity contribution in [2.45, 2.75) is 77.7 Å². The van der Waals surface area contributed by atoms with Gasteiger partial charge in [-0.15, -0.1) is 6.42 Å². The Morgan fingerprint density at radius 2 is 1.88 bits per heavy atom. The van der Waals surface area contributed by atoms with Gasteiger partial charge in [0.1, 0.15) is 0 Å². The van der Waals surface area contributed by atoms with Crippen LogP contribution in [0.4, 0.5) is 0 Å². The van der Waals surface area contributed by atoms with Gasteiger partial charge in [0.15, 0.2) is 11.4 Å². The van der Waals surface area contributed by atoms with Crippen molar-refractivity contribution in [2.24, 2.45) is 28.6 Å². The Hall–Kier alpha value is -1.56. The van der Waals surface area contributed by atoms with Gasteiger partial charge in [-0.25, -0.2) is 0 Å². The van der Waals surface area contributed by atoms with Crippen molar-refractivity contribution in [1.29, 1.82) is 0 Å². The van der Waals surface area contributed by atoms with Gasteiger partial charge >= 0.3 is 5.97 Å². The van der Waals surface area contributed by atoms with Crippen LogP contribution in [0, 0.1) is 40.9 Å². The molecule has 0 spiro atoms. The van der Waals surface area contributed by atoms with Crippen molar-refractivity contribution in [2.75, 3.05) is 0 Å². The van der Waals surface area contributed by atoms with E-state index in [1.165, 1.54) is 12.5 Å². The third kappa shape index (κ3) is 2.20. The van der Waals surface area contributed by atoms with E-state index in [0.29, 0.717) is 30.0 Å². The molecule has 4 rings (SSSR count). The summed E-state index contributed by atoms with van der Waals surface area (Å²) in [4.78, 5) is 23.7. The monoisotopic (exact) mass is 354 g/mol. The second-order valence-electron chi connectivity index (χ2n) is 9.53. The van der Waals surface area contributed by atoms with E-state index in [2.05, 4.69) is 19.8 Å². The van der Waals surface area contributed by atoms with Crippen LogP contribution >= 0.6 is 0 Å². The molecule has 0 N–H and O–H groups in total. The third-order valence-electron chi connectivity index (χ3n) is 8.63. The van der Waals surface area contributed by atoms with E-state index in [9.17, 15) is 9.59 Å². The lowest BCUT2D eigenvalue weighted by atomic mass is 9.46. The number of allylic oxidation sites excluding steroid dienone is 1. The van der Waals surface area contributed by atoms with Crippen LogP contribution in [0.15, 0.2) is 11.6 Å². The first-order valence-electron chi connectivity index (χ1n) is 10.2. The second-order valence-corrected chi connectivity index (χ2v) is 9.53. The van der Waals surface area contributed by atoms with Crippen molar-refractivity contribution < 1.29 is 14.3 Å². The van der Waals surface area contributed by atoms with Crippen molar-refractivity contribution in [3.8, 4) is 12.3 Å². The first-order chi connectivity index (χ1) is 12.3. The highest BCUT2D eigenvalue weighted by molar-refractivity contribution is 5.91. The summed E-state index contributed by atoms with van der Waals surface area (Å²) in [5.41, 5.74) is 0.686. The van der Waals surface area contributed by atoms with Crippen molar-refractivity contribution >= 4 is 11.8 Å². The molecule has 6 atom stereocenters. The third-order valence-corrected chi connectivity index (χ3v) is 8.63. The van der Waals surface area contributed by atoms with Crippen LogP contribution in [0.25, 0.3) is 0 Å². The minimum atomic E-state index is -0.742. The minimum Gasteiger partial charge on any atom is -0.445 e. The summed E-state index contributed by atoms with van der Waals surface area (Å²) in [5.74, 6) is 4.71. The molecule has 0 radical (unpaired) electrons. The fourth-order valence-electron chi connectivity index (χ4n) is 7.24. The fourth-order valence-corrected chi connectivity index (χ4v) is 7.24. The maximum Gasteiger partial charge on any atom is 0.304 e. The van der Waals surface area contributed by atoms with E-state index in [1.54, 1.807) is 0 Å². The second kappa shape index (κ2) is 5.72. The summed E-state index contributed by atoms with van der Waals surface area (Å²) < 4.78 is 5.81. The number of fused-ring (bicyclic) bond motifs is 5. The standard InChI is InChI=1S/C23H30O3/c1-5-23(26-15(2)24)13-10-20-18-7-6-16-14-17(25)8-11-21(16,3)19(18)9-12-22(20,23)4/h1,14,18-20H,6-13H2,2-4H3/t18-,19-,20-,21+,22-,23+/m1/s1. The normalized spacial score (nSPS) is 47.1. The average Bonchev–Trinajstić information content (AvgIpc) is 2.88. The molecular weight excluding hydrogens is 324 g/mol. The molecule has 0 aliphatic heterocycles. The Morgan fingerprint density at radius 1 is 1.15 bits per heavy atom. The number of esters is 1. The van der Waals surface area contributed by atoms with Crippen molar-refractivity contribution in [3.05, 3.63) is 11.6 Å². The maximum absolute atomic E-state index is 11.9. The van der Waals surface area contributed by atoms with E-state index < -0.39 is 5.60 Å². The molecule has 3 nitrogen and oxygen atoms in total. The van der Waals surface area contributed by atoms with Crippen molar-refractivity contribution in [3.63, 3.8) is 0 Å². The van der Waals surface area contributed by atoms with Gasteiger partial charge < -0.3 is 4.74 Å². The van der Waals surface area contributed by atoms with Gasteiger partial charge in [0.25, 0.3) is 0 Å². The molecular formula is C23H30O3. The summed E-state index contributed by atoms with van der Waals surface area (Å²) in [6.07, 6.45) is 15.7. The number of ketones is 1. The van der Waals surface area contributed by atoms with Gasteiger partial charge in [-0.1, -0.05) is 25.3 Å². The van der Waals surface area contributed by atoms with E-state index in [1.807, 2.05) is 6.08 Å². The van der Waals surface area contributed by atoms with Crippen LogP contribution in [0.5, 0.6) is 0 Å². The van der Waals surface area contributed by atoms with Gasteiger partial charge in [0.2, 0.25) is 0 Å². The number of hydrogen-bond donors (Lipinski definition) is 0. The van der Waals surface area contributed by atoms with Crippen LogP contribution in [-0.4, -0.2) is 17.4 Å². The molecule has 3 saturated carbocycles. The first-order valence-corrected chi connectivity index (χ1v) is 10.2. The van der Waals surface area contributed by atoms with Crippen LogP contribution in [0.3, 0.4) is 0 Å². The highest BCUT2D eigenvalue weighted by Crippen LogP contribution is 2.68. The Morgan fingerprint density at radius 3 is 2.58 bits per heavy atom. The number of ether oxygens (including phenoxy) is 1. The van der Waals surface area contributed by atoms with E-state index >= 15 is 0 Å². The average molecular weight is 354 g/mol. The molecule has 4 aliphatic rings. The molecule has 26 heavy (non-hydrogen) atoms. The lowest BCUT2D eigenvalue weighted by Crippen LogP contribution is -2.55. The molecule has 0 unspecified atom stereocenters. The molecule has 0 saturated heterocycles. The lowest BCUT2D eigenvalue weighted by molar-refractivity contribution is -0.169. The predicted molar refractivity (Wildman–Crippen MR) is 100 cm³/mol. The zero-order valence-electron chi connectivity index (χ0n) is 16.3. The number of hydrogen-bond acceptors (Lipinski definition) is 3. The molecule has 4 aliphatic carbocycles. The number of rotatable bonds is 1. The Labute approximate surface area is 156 Å². The maximum atomic E-state index is 11.9. The molecule has 3 fully saturated rings. The number of carbonyl (C=O) groups is 2. The Bertz CT molecular complexity index is 728. The smallest absolute Gasteiger partial charge is 0.304 e. The lowest BCUT2D eigenvalue weighted by Gasteiger charge is -2.58. The summed E-state index contributed by atoms with van der Waals surface area (Å²) >= 11 is 0. The van der Waals surface area contributed by atoms with Crippen LogP contribution in [-0.2, 0) is 14.3 Å². The van der Waals surface area contributed by atoms with Gasteiger partial charge in [0, 0.05) is 18.8 Å². The molecule has 3 heteroatoms.